The molecule has 0 unspecified atom stereocenters. The average Bonchev–Trinajstić information content (AvgIpc) is 3.41. The number of ether oxygens (including phenoxy) is 1. The number of carbonyl (C=O) groups excluding carboxylic acids is 1. The largest absolute Gasteiger partial charge is 0.381 e. The van der Waals surface area contributed by atoms with Gasteiger partial charge < -0.3 is 24.8 Å². The molecule has 3 aromatic rings. The smallest absolute Gasteiger partial charge is 0.293 e. The summed E-state index contributed by atoms with van der Waals surface area (Å²) in [6.45, 7) is 15.7. The van der Waals surface area contributed by atoms with Crippen LogP contribution in [0.4, 0.5) is 11.4 Å². The van der Waals surface area contributed by atoms with Crippen LogP contribution in [-0.2, 0) is 4.74 Å². The number of piperazine rings is 1. The number of anilines is 2. The van der Waals surface area contributed by atoms with Gasteiger partial charge in [0.15, 0.2) is 5.82 Å². The van der Waals surface area contributed by atoms with E-state index in [9.17, 15) is 4.79 Å². The van der Waals surface area contributed by atoms with Crippen LogP contribution in [0, 0.1) is 6.92 Å². The molecule has 3 aliphatic rings. The van der Waals surface area contributed by atoms with Crippen LogP contribution < -0.4 is 15.1 Å². The normalized spacial score (nSPS) is 23.6. The molecule has 0 radical (unpaired) electrons. The van der Waals surface area contributed by atoms with E-state index in [4.69, 9.17) is 14.8 Å². The third-order valence-electron chi connectivity index (χ3n) is 8.71. The highest BCUT2D eigenvalue weighted by Crippen LogP contribution is 2.43. The van der Waals surface area contributed by atoms with Gasteiger partial charge in [-0.25, -0.2) is 9.67 Å². The summed E-state index contributed by atoms with van der Waals surface area (Å²) < 4.78 is 7.51. The topological polar surface area (TPSA) is 78.8 Å². The molecule has 2 saturated heterocycles. The molecule has 0 saturated carbocycles. The molecule has 1 N–H and O–H groups in total. The Labute approximate surface area is 242 Å². The first kappa shape index (κ1) is 27.5. The molecule has 2 fully saturated rings. The van der Waals surface area contributed by atoms with Crippen LogP contribution in [0.15, 0.2) is 54.7 Å². The van der Waals surface area contributed by atoms with Crippen molar-refractivity contribution in [3.05, 3.63) is 66.1 Å². The van der Waals surface area contributed by atoms with E-state index in [-0.39, 0.29) is 29.9 Å². The molecule has 41 heavy (non-hydrogen) atoms. The Balaban J connectivity index is 1.45. The molecule has 0 spiro atoms. The zero-order valence-electron chi connectivity index (χ0n) is 24.8. The zero-order chi connectivity index (χ0) is 28.8. The minimum absolute atomic E-state index is 0.135. The van der Waals surface area contributed by atoms with Gasteiger partial charge in [-0.3, -0.25) is 4.79 Å². The maximum atomic E-state index is 13.7. The Morgan fingerprint density at radius 3 is 2.37 bits per heavy atom. The van der Waals surface area contributed by atoms with E-state index in [0.29, 0.717) is 25.0 Å². The van der Waals surface area contributed by atoms with E-state index in [0.717, 1.165) is 59.9 Å². The maximum absolute atomic E-state index is 13.7. The summed E-state index contributed by atoms with van der Waals surface area (Å²) in [7, 11) is 2.08. The van der Waals surface area contributed by atoms with E-state index in [1.54, 1.807) is 0 Å². The number of likely N-dealkylation sites (N-methyl/N-ethyl adjacent to an activating group) is 1. The van der Waals surface area contributed by atoms with Crippen LogP contribution in [0.3, 0.4) is 0 Å². The first-order valence-corrected chi connectivity index (χ1v) is 14.7. The second-order valence-electron chi connectivity index (χ2n) is 11.9. The summed E-state index contributed by atoms with van der Waals surface area (Å²) in [5.41, 5.74) is 6.29. The molecule has 3 aliphatic heterocycles. The third kappa shape index (κ3) is 5.13. The minimum atomic E-state index is -0.135. The van der Waals surface area contributed by atoms with Gasteiger partial charge in [0.1, 0.15) is 0 Å². The summed E-state index contributed by atoms with van der Waals surface area (Å²) in [6.07, 6.45) is 1.95. The third-order valence-corrected chi connectivity index (χ3v) is 8.71. The molecule has 216 valence electrons. The molecule has 4 heterocycles. The number of hydrogen-bond donors (Lipinski definition) is 1. The highest BCUT2D eigenvalue weighted by Gasteiger charge is 2.36. The summed E-state index contributed by atoms with van der Waals surface area (Å²) in [5.74, 6) is 0.742. The number of aryl methyl sites for hydroxylation is 1. The van der Waals surface area contributed by atoms with Crippen LogP contribution >= 0.6 is 0 Å². The quantitative estimate of drug-likeness (QED) is 0.511. The number of aromatic nitrogens is 3. The maximum Gasteiger partial charge on any atom is 0.293 e. The molecule has 9 nitrogen and oxygen atoms in total. The molecule has 3 atom stereocenters. The predicted octanol–water partition coefficient (Wildman–Crippen LogP) is 4.40. The molecule has 1 aromatic heterocycles. The molecule has 0 bridgehead atoms. The summed E-state index contributed by atoms with van der Waals surface area (Å²) in [6, 6.07) is 15.6. The highest BCUT2D eigenvalue weighted by atomic mass is 16.5. The van der Waals surface area contributed by atoms with Gasteiger partial charge in [-0.05, 0) is 70.9 Å². The first-order chi connectivity index (χ1) is 19.7. The number of nitrogens with zero attached hydrogens (tertiary/aromatic N) is 6. The molecular weight excluding hydrogens is 514 g/mol. The zero-order valence-corrected chi connectivity index (χ0v) is 24.8. The number of rotatable bonds is 4. The fraction of sp³-hybridized carbons (Fsp3) is 0.469. The molecule has 6 rings (SSSR count). The second-order valence-corrected chi connectivity index (χ2v) is 11.9. The first-order valence-electron chi connectivity index (χ1n) is 14.7. The minimum Gasteiger partial charge on any atom is -0.381 e. The van der Waals surface area contributed by atoms with Crippen LogP contribution in [0.25, 0.3) is 17.1 Å². The van der Waals surface area contributed by atoms with Crippen molar-refractivity contribution in [2.75, 3.05) is 43.2 Å². The van der Waals surface area contributed by atoms with Crippen molar-refractivity contribution in [2.45, 2.75) is 64.7 Å². The van der Waals surface area contributed by atoms with Gasteiger partial charge in [0.2, 0.25) is 5.82 Å². The van der Waals surface area contributed by atoms with Gasteiger partial charge in [0, 0.05) is 62.7 Å². The van der Waals surface area contributed by atoms with E-state index in [2.05, 4.69) is 86.8 Å². The number of nitrogens with one attached hydrogen (secondary N) is 1. The lowest BCUT2D eigenvalue weighted by molar-refractivity contribution is 0.0661. The van der Waals surface area contributed by atoms with E-state index >= 15 is 0 Å². The Morgan fingerprint density at radius 1 is 1.00 bits per heavy atom. The highest BCUT2D eigenvalue weighted by molar-refractivity contribution is 5.91. The van der Waals surface area contributed by atoms with E-state index < -0.39 is 0 Å². The second kappa shape index (κ2) is 10.9. The SMILES string of the molecule is C=C1[C@@H](C)N(C2CCOCC2)c2cc(-c3nc(C(=O)N4C[C@@H](C)N[C@@H](C)C4)nn3-c3ccc(C)cc3)ccc2N1C. The number of fused-ring (bicyclic) bond motifs is 1. The Hall–Kier alpha value is -3.69. The summed E-state index contributed by atoms with van der Waals surface area (Å²) >= 11 is 0. The molecule has 0 aliphatic carbocycles. The lowest BCUT2D eigenvalue weighted by Gasteiger charge is -2.48. The summed E-state index contributed by atoms with van der Waals surface area (Å²) in [5, 5.41) is 8.31. The van der Waals surface area contributed by atoms with Crippen molar-refractivity contribution in [3.8, 4) is 17.1 Å². The van der Waals surface area contributed by atoms with Crippen molar-refractivity contribution >= 4 is 17.3 Å². The lowest BCUT2D eigenvalue weighted by atomic mass is 9.97. The fourth-order valence-electron chi connectivity index (χ4n) is 6.52. The monoisotopic (exact) mass is 555 g/mol. The van der Waals surface area contributed by atoms with Crippen LogP contribution in [-0.4, -0.2) is 83.1 Å². The van der Waals surface area contributed by atoms with Crippen molar-refractivity contribution in [3.63, 3.8) is 0 Å². The van der Waals surface area contributed by atoms with Crippen LogP contribution in [0.1, 0.15) is 49.8 Å². The van der Waals surface area contributed by atoms with E-state index in [1.165, 1.54) is 0 Å². The lowest BCUT2D eigenvalue weighted by Crippen LogP contribution is -2.56. The van der Waals surface area contributed by atoms with Gasteiger partial charge in [-0.1, -0.05) is 24.3 Å². The number of amides is 1. The van der Waals surface area contributed by atoms with Crippen LogP contribution in [0.5, 0.6) is 0 Å². The Bertz CT molecular complexity index is 1430. The van der Waals surface area contributed by atoms with Crippen molar-refractivity contribution in [1.29, 1.82) is 0 Å². The number of benzene rings is 2. The average molecular weight is 556 g/mol. The van der Waals surface area contributed by atoms with Crippen LogP contribution in [0.2, 0.25) is 0 Å². The van der Waals surface area contributed by atoms with Crippen molar-refractivity contribution < 1.29 is 9.53 Å². The van der Waals surface area contributed by atoms with Gasteiger partial charge >= 0.3 is 0 Å². The predicted molar refractivity (Wildman–Crippen MR) is 163 cm³/mol. The molecule has 2 aromatic carbocycles. The summed E-state index contributed by atoms with van der Waals surface area (Å²) in [4.78, 5) is 25.2. The fourth-order valence-corrected chi connectivity index (χ4v) is 6.52. The number of carbonyl (C=O) groups is 1. The van der Waals surface area contributed by atoms with Gasteiger partial charge in [0.05, 0.1) is 23.1 Å². The van der Waals surface area contributed by atoms with Gasteiger partial charge in [0.25, 0.3) is 5.91 Å². The molecule has 9 heteroatoms. The van der Waals surface area contributed by atoms with Gasteiger partial charge in [-0.2, -0.15) is 0 Å². The standard InChI is InChI=1S/C32H41N7O2/c1-20-7-10-27(11-8-20)39-31(34-30(35-39)32(40)37-18-21(2)33-22(3)19-37)25-9-12-28-29(17-25)38(24(5)23(4)36(28)6)26-13-15-41-16-14-26/h7-12,17,21-22,24,26,33H,4,13-16,18-19H2,1-3,5-6H3/t21-,22+,24-/m1/s1. The van der Waals surface area contributed by atoms with Crippen molar-refractivity contribution in [1.82, 2.24) is 25.0 Å². The van der Waals surface area contributed by atoms with Gasteiger partial charge in [-0.15, -0.1) is 5.10 Å². The number of hydrogen-bond acceptors (Lipinski definition) is 7. The Kier molecular flexibility index (Phi) is 7.34. The van der Waals surface area contributed by atoms with Crippen molar-refractivity contribution in [2.24, 2.45) is 0 Å². The molecule has 1 amide bonds. The Morgan fingerprint density at radius 2 is 1.68 bits per heavy atom. The molecular formula is C32H41N7O2. The van der Waals surface area contributed by atoms with E-state index in [1.807, 2.05) is 21.7 Å².